The van der Waals surface area contributed by atoms with Gasteiger partial charge in [0.25, 0.3) is 5.91 Å². The second-order valence-electron chi connectivity index (χ2n) is 7.60. The molecule has 1 aromatic heterocycles. The molecule has 3 aromatic carbocycles. The normalized spacial score (nSPS) is 11.3. The number of aromatic nitrogens is 1. The zero-order chi connectivity index (χ0) is 23.8. The summed E-state index contributed by atoms with van der Waals surface area (Å²) in [7, 11) is 0. The van der Waals surface area contributed by atoms with Gasteiger partial charge in [-0.2, -0.15) is 0 Å². The van der Waals surface area contributed by atoms with E-state index in [1.165, 1.54) is 4.90 Å². The Kier molecular flexibility index (Phi) is 7.80. The highest BCUT2D eigenvalue weighted by molar-refractivity contribution is 7.98. The van der Waals surface area contributed by atoms with Gasteiger partial charge in [0, 0.05) is 22.4 Å². The quantitative estimate of drug-likeness (QED) is 0.166. The summed E-state index contributed by atoms with van der Waals surface area (Å²) in [5.74, 6) is 0.254. The summed E-state index contributed by atoms with van der Waals surface area (Å²) in [6.45, 7) is 0.952. The highest BCUT2D eigenvalue weighted by atomic mass is 32.2. The molecule has 4 rings (SSSR count). The first kappa shape index (κ1) is 23.4. The molecule has 34 heavy (non-hydrogen) atoms. The summed E-state index contributed by atoms with van der Waals surface area (Å²) in [5, 5.41) is 13.3. The number of carbonyl (C=O) groups excluding carboxylic acids is 1. The predicted octanol–water partition coefficient (Wildman–Crippen LogP) is 5.65. The number of hydrogen-bond acceptors (Lipinski definition) is 6. The Morgan fingerprint density at radius 2 is 1.82 bits per heavy atom. The number of nitrogens with one attached hydrogen (secondary N) is 2. The van der Waals surface area contributed by atoms with E-state index in [0.29, 0.717) is 18.7 Å². The highest BCUT2D eigenvalue weighted by Gasteiger charge is 2.06. The molecule has 0 aliphatic rings. The maximum Gasteiger partial charge on any atom is 0.274 e. The van der Waals surface area contributed by atoms with E-state index in [2.05, 4.69) is 16.4 Å². The monoisotopic (exact) mass is 471 g/mol. The number of benzene rings is 3. The van der Waals surface area contributed by atoms with E-state index in [4.69, 9.17) is 9.94 Å². The van der Waals surface area contributed by atoms with Gasteiger partial charge in [-0.25, -0.2) is 5.48 Å². The van der Waals surface area contributed by atoms with Gasteiger partial charge in [-0.15, -0.1) is 11.8 Å². The third-order valence-corrected chi connectivity index (χ3v) is 5.98. The van der Waals surface area contributed by atoms with Crippen molar-refractivity contribution in [1.29, 1.82) is 0 Å². The number of hydroxylamine groups is 1. The summed E-state index contributed by atoms with van der Waals surface area (Å²) < 4.78 is 6.05. The van der Waals surface area contributed by atoms with Crippen LogP contribution >= 0.6 is 11.8 Å². The second-order valence-corrected chi connectivity index (χ2v) is 8.48. The molecule has 3 N–H and O–H groups in total. The molecule has 0 fully saturated rings. The standard InChI is InChI=1S/C27H25N3O3S/c1-34-25-12-10-24(11-13-25)33-18-20(14-19-6-8-21(9-7-19)27(31)30-32)16-28-23-15-22-4-2-3-5-26(22)29-17-23/h2-15,17,28,32H,16,18H2,1H3,(H,30,31)/b20-14+. The number of thioether (sulfide) groups is 1. The van der Waals surface area contributed by atoms with Gasteiger partial charge in [-0.1, -0.05) is 36.4 Å². The molecule has 0 atom stereocenters. The lowest BCUT2D eigenvalue weighted by atomic mass is 10.1. The third-order valence-electron chi connectivity index (χ3n) is 5.24. The highest BCUT2D eigenvalue weighted by Crippen LogP contribution is 2.21. The number of nitrogens with zero attached hydrogens (tertiary/aromatic N) is 1. The number of rotatable bonds is 9. The number of anilines is 1. The first-order valence-electron chi connectivity index (χ1n) is 10.7. The second kappa shape index (κ2) is 11.4. The van der Waals surface area contributed by atoms with Crippen molar-refractivity contribution in [3.63, 3.8) is 0 Å². The Morgan fingerprint density at radius 1 is 1.06 bits per heavy atom. The van der Waals surface area contributed by atoms with Crippen molar-refractivity contribution < 1.29 is 14.7 Å². The van der Waals surface area contributed by atoms with Crippen LogP contribution in [0, 0.1) is 0 Å². The van der Waals surface area contributed by atoms with Crippen LogP contribution in [0.4, 0.5) is 5.69 Å². The molecule has 0 unspecified atom stereocenters. The first-order chi connectivity index (χ1) is 16.6. The lowest BCUT2D eigenvalue weighted by Crippen LogP contribution is -2.18. The summed E-state index contributed by atoms with van der Waals surface area (Å²) in [5.41, 5.74) is 5.84. The fourth-order valence-corrected chi connectivity index (χ4v) is 3.81. The predicted molar refractivity (Wildman–Crippen MR) is 138 cm³/mol. The van der Waals surface area contributed by atoms with Crippen LogP contribution < -0.4 is 15.5 Å². The third kappa shape index (κ3) is 6.15. The molecule has 0 spiro atoms. The molecular formula is C27H25N3O3S. The molecule has 0 radical (unpaired) electrons. The Labute approximate surface area is 202 Å². The fourth-order valence-electron chi connectivity index (χ4n) is 3.41. The van der Waals surface area contributed by atoms with Gasteiger partial charge in [-0.05, 0) is 65.9 Å². The molecule has 0 saturated carbocycles. The Balaban J connectivity index is 1.51. The molecule has 0 saturated heterocycles. The van der Waals surface area contributed by atoms with Gasteiger partial charge in [-0.3, -0.25) is 15.0 Å². The van der Waals surface area contributed by atoms with Crippen molar-refractivity contribution in [1.82, 2.24) is 10.5 Å². The van der Waals surface area contributed by atoms with Crippen LogP contribution in [0.1, 0.15) is 15.9 Å². The smallest absolute Gasteiger partial charge is 0.274 e. The van der Waals surface area contributed by atoms with Gasteiger partial charge in [0.1, 0.15) is 12.4 Å². The fraction of sp³-hybridized carbons (Fsp3) is 0.111. The van der Waals surface area contributed by atoms with Crippen LogP contribution in [0.3, 0.4) is 0 Å². The maximum atomic E-state index is 11.6. The number of amides is 1. The van der Waals surface area contributed by atoms with Crippen LogP contribution in [0.15, 0.2) is 95.5 Å². The Hall–Kier alpha value is -3.81. The van der Waals surface area contributed by atoms with Crippen molar-refractivity contribution in [2.24, 2.45) is 0 Å². The van der Waals surface area contributed by atoms with Crippen molar-refractivity contribution in [2.45, 2.75) is 4.90 Å². The Bertz CT molecular complexity index is 1290. The van der Waals surface area contributed by atoms with Crippen LogP contribution in [-0.4, -0.2) is 35.5 Å². The SMILES string of the molecule is CSc1ccc(OC/C(=C/c2ccc(C(=O)NO)cc2)CNc2cnc3ccccc3c2)cc1. The van der Waals surface area contributed by atoms with Crippen LogP contribution in [0.2, 0.25) is 0 Å². The minimum atomic E-state index is -0.543. The van der Waals surface area contributed by atoms with Gasteiger partial charge in [0.15, 0.2) is 0 Å². The van der Waals surface area contributed by atoms with Crippen molar-refractivity contribution in [3.8, 4) is 5.75 Å². The summed E-state index contributed by atoms with van der Waals surface area (Å²) in [6.07, 6.45) is 5.89. The number of ether oxygens (including phenoxy) is 1. The zero-order valence-electron chi connectivity index (χ0n) is 18.7. The average Bonchev–Trinajstić information content (AvgIpc) is 2.90. The minimum absolute atomic E-state index is 0.381. The minimum Gasteiger partial charge on any atom is -0.489 e. The van der Waals surface area contributed by atoms with Crippen molar-refractivity contribution in [3.05, 3.63) is 102 Å². The average molecular weight is 472 g/mol. The van der Waals surface area contributed by atoms with Gasteiger partial charge in [0.05, 0.1) is 17.4 Å². The molecule has 172 valence electrons. The molecule has 0 bridgehead atoms. The van der Waals surface area contributed by atoms with E-state index in [1.54, 1.807) is 29.4 Å². The summed E-state index contributed by atoms with van der Waals surface area (Å²) in [6, 6.07) is 25.1. The molecule has 1 amide bonds. The lowest BCUT2D eigenvalue weighted by Gasteiger charge is -2.13. The topological polar surface area (TPSA) is 83.5 Å². The molecule has 6 nitrogen and oxygen atoms in total. The van der Waals surface area contributed by atoms with E-state index in [-0.39, 0.29) is 0 Å². The number of para-hydroxylation sites is 1. The van der Waals surface area contributed by atoms with Crippen LogP contribution in [-0.2, 0) is 0 Å². The first-order valence-corrected chi connectivity index (χ1v) is 12.0. The van der Waals surface area contributed by atoms with Crippen LogP contribution in [0.5, 0.6) is 5.75 Å². The van der Waals surface area contributed by atoms with E-state index < -0.39 is 5.91 Å². The van der Waals surface area contributed by atoms with Crippen LogP contribution in [0.25, 0.3) is 17.0 Å². The molecule has 0 aliphatic carbocycles. The molecule has 4 aromatic rings. The molecular weight excluding hydrogens is 446 g/mol. The molecule has 0 aliphatic heterocycles. The summed E-state index contributed by atoms with van der Waals surface area (Å²) in [4.78, 5) is 17.3. The maximum absolute atomic E-state index is 11.6. The number of carbonyl (C=O) groups is 1. The number of fused-ring (bicyclic) bond motifs is 1. The van der Waals surface area contributed by atoms with Crippen molar-refractivity contribution in [2.75, 3.05) is 24.7 Å². The zero-order valence-corrected chi connectivity index (χ0v) is 19.5. The Morgan fingerprint density at radius 3 is 2.56 bits per heavy atom. The largest absolute Gasteiger partial charge is 0.489 e. The summed E-state index contributed by atoms with van der Waals surface area (Å²) >= 11 is 1.69. The van der Waals surface area contributed by atoms with E-state index >= 15 is 0 Å². The van der Waals surface area contributed by atoms with Gasteiger partial charge >= 0.3 is 0 Å². The number of hydrogen-bond donors (Lipinski definition) is 3. The molecule has 1 heterocycles. The van der Waals surface area contributed by atoms with Crippen molar-refractivity contribution >= 4 is 40.3 Å². The van der Waals surface area contributed by atoms with E-state index in [9.17, 15) is 4.79 Å². The van der Waals surface area contributed by atoms with Gasteiger partial charge in [0.2, 0.25) is 0 Å². The number of pyridine rings is 1. The lowest BCUT2D eigenvalue weighted by molar-refractivity contribution is 0.0706. The van der Waals surface area contributed by atoms with E-state index in [1.807, 2.05) is 79.2 Å². The molecule has 7 heteroatoms. The van der Waals surface area contributed by atoms with E-state index in [0.717, 1.165) is 33.5 Å². The van der Waals surface area contributed by atoms with Gasteiger partial charge < -0.3 is 10.1 Å².